The molecule has 7 heterocycles. The maximum Gasteiger partial charge on any atom is 0.255 e. The predicted octanol–water partition coefficient (Wildman–Crippen LogP) is 6.84. The van der Waals surface area contributed by atoms with Gasteiger partial charge in [-0.25, -0.2) is 13.8 Å². The number of β-amino-alcohol motifs (C(OH)–C–C–N with tert-alkyl or cyclic N) is 1. The van der Waals surface area contributed by atoms with E-state index in [4.69, 9.17) is 24.5 Å². The third-order valence-corrected chi connectivity index (χ3v) is 16.4. The van der Waals surface area contributed by atoms with E-state index in [1.165, 1.54) is 4.90 Å². The summed E-state index contributed by atoms with van der Waals surface area (Å²) in [5.41, 5.74) is 10.8. The highest BCUT2D eigenvalue weighted by Gasteiger charge is 2.57. The number of para-hydroxylation sites is 1. The van der Waals surface area contributed by atoms with Gasteiger partial charge in [-0.05, 0) is 79.1 Å². The summed E-state index contributed by atoms with van der Waals surface area (Å²) in [4.78, 5) is 41.0. The summed E-state index contributed by atoms with van der Waals surface area (Å²) in [5, 5.41) is 36.7. The fraction of sp³-hybridized carbons (Fsp3) is 0.536. The lowest BCUT2D eigenvalue weighted by Crippen LogP contribution is -2.54. The van der Waals surface area contributed by atoms with Crippen molar-refractivity contribution < 1.29 is 47.3 Å². The summed E-state index contributed by atoms with van der Waals surface area (Å²) in [5.74, 6) is -3.42. The zero-order valence-corrected chi connectivity index (χ0v) is 43.2. The van der Waals surface area contributed by atoms with Gasteiger partial charge in [-0.3, -0.25) is 14.5 Å². The molecule has 20 heteroatoms. The average Bonchev–Trinajstić information content (AvgIpc) is 3.71. The Kier molecular flexibility index (Phi) is 14.5. The van der Waals surface area contributed by atoms with Gasteiger partial charge < -0.3 is 54.7 Å². The number of carbonyl (C=O) groups is 2. The second kappa shape index (κ2) is 21.4. The number of aromatic nitrogens is 4. The van der Waals surface area contributed by atoms with Crippen LogP contribution in [0, 0.1) is 5.92 Å². The van der Waals surface area contributed by atoms with Gasteiger partial charge in [-0.15, -0.1) is 10.2 Å². The highest BCUT2D eigenvalue weighted by Crippen LogP contribution is 2.55. The first-order chi connectivity index (χ1) is 36.6. The van der Waals surface area contributed by atoms with Crippen LogP contribution >= 0.6 is 0 Å². The summed E-state index contributed by atoms with van der Waals surface area (Å²) in [6.45, 7) is 9.95. The van der Waals surface area contributed by atoms with E-state index in [1.807, 2.05) is 38.2 Å². The number of benzene rings is 2. The van der Waals surface area contributed by atoms with E-state index in [2.05, 4.69) is 52.5 Å². The molecule has 2 amide bonds. The molecule has 5 aromatic rings. The van der Waals surface area contributed by atoms with Gasteiger partial charge in [0, 0.05) is 107 Å². The SMILES string of the molecule is CC(C)[C@@H](C(=O)N1C[C@H](O)C[C@H]1C(=O)N[C@@H](C)c1ccc(C2CC2(F)F)cc1)c1cc(OCCN2CCC(OC3CC(Oc4cc(N5C6CC[C@@H]5CN(c5cc(-c7ccccc7O)nnc5N)C6)ccn4)C3)CC2)no1. The minimum atomic E-state index is -2.66. The minimum Gasteiger partial charge on any atom is -0.507 e. The van der Waals surface area contributed by atoms with E-state index < -0.39 is 41.9 Å². The summed E-state index contributed by atoms with van der Waals surface area (Å²) < 4.78 is 51.8. The number of nitrogens with zero attached hydrogens (tertiary/aromatic N) is 8. The lowest BCUT2D eigenvalue weighted by Gasteiger charge is -2.43. The number of nitrogens with two attached hydrogens (primary N) is 1. The van der Waals surface area contributed by atoms with Crippen molar-refractivity contribution in [3.63, 3.8) is 0 Å². The fourth-order valence-electron chi connectivity index (χ4n) is 12.0. The molecule has 0 spiro atoms. The van der Waals surface area contributed by atoms with Gasteiger partial charge in [0.15, 0.2) is 11.6 Å². The molecule has 2 aromatic carbocycles. The van der Waals surface area contributed by atoms with Crippen molar-refractivity contribution in [3.8, 4) is 28.8 Å². The number of aliphatic hydroxyl groups is 1. The number of carbonyl (C=O) groups excluding carboxylic acids is 2. The average molecular weight is 1050 g/mol. The molecule has 404 valence electrons. The van der Waals surface area contributed by atoms with E-state index in [9.17, 15) is 28.6 Å². The first-order valence-corrected chi connectivity index (χ1v) is 27.0. The number of rotatable bonds is 18. The number of nitrogen functional groups attached to an aromatic ring is 1. The van der Waals surface area contributed by atoms with Gasteiger partial charge >= 0.3 is 0 Å². The van der Waals surface area contributed by atoms with Gasteiger partial charge in [0.05, 0.1) is 41.7 Å². The van der Waals surface area contributed by atoms with Crippen LogP contribution in [-0.4, -0.2) is 147 Å². The van der Waals surface area contributed by atoms with E-state index in [1.54, 1.807) is 49.4 Å². The molecule has 76 heavy (non-hydrogen) atoms. The Morgan fingerprint density at radius 3 is 2.34 bits per heavy atom. The molecule has 3 aromatic heterocycles. The number of pyridine rings is 1. The van der Waals surface area contributed by atoms with Gasteiger partial charge in [-0.2, -0.15) is 0 Å². The molecule has 5 N–H and O–H groups in total. The predicted molar refractivity (Wildman–Crippen MR) is 278 cm³/mol. The van der Waals surface area contributed by atoms with Crippen LogP contribution in [0.2, 0.25) is 0 Å². The number of hydrogen-bond acceptors (Lipinski definition) is 16. The third kappa shape index (κ3) is 11.0. The molecule has 6 aliphatic rings. The van der Waals surface area contributed by atoms with Gasteiger partial charge in [-0.1, -0.05) is 50.2 Å². The fourth-order valence-corrected chi connectivity index (χ4v) is 12.0. The largest absolute Gasteiger partial charge is 0.507 e. The number of hydrogen-bond donors (Lipinski definition) is 4. The molecule has 2 bridgehead atoms. The Labute approximate surface area is 440 Å². The summed E-state index contributed by atoms with van der Waals surface area (Å²) in [6.07, 6.45) is 6.83. The summed E-state index contributed by atoms with van der Waals surface area (Å²) >= 11 is 0. The second-order valence-corrected chi connectivity index (χ2v) is 22.0. The quantitative estimate of drug-likeness (QED) is 0.0706. The van der Waals surface area contributed by atoms with Crippen LogP contribution in [-0.2, 0) is 14.3 Å². The first-order valence-electron chi connectivity index (χ1n) is 27.0. The van der Waals surface area contributed by atoms with Crippen molar-refractivity contribution in [3.05, 3.63) is 95.9 Å². The number of anilines is 3. The molecule has 2 aliphatic carbocycles. The van der Waals surface area contributed by atoms with E-state index in [-0.39, 0.29) is 73.2 Å². The molecule has 2 unspecified atom stereocenters. The Morgan fingerprint density at radius 1 is 0.895 bits per heavy atom. The van der Waals surface area contributed by atoms with Crippen LogP contribution < -0.4 is 30.3 Å². The Hall–Kier alpha value is -6.64. The molecule has 6 fully saturated rings. The molecule has 2 saturated carbocycles. The Bertz CT molecular complexity index is 2850. The number of piperazine rings is 1. The zero-order valence-electron chi connectivity index (χ0n) is 43.2. The van der Waals surface area contributed by atoms with Crippen molar-refractivity contribution in [1.82, 2.24) is 35.5 Å². The molecule has 0 radical (unpaired) electrons. The van der Waals surface area contributed by atoms with Crippen LogP contribution in [0.15, 0.2) is 83.5 Å². The summed E-state index contributed by atoms with van der Waals surface area (Å²) in [7, 11) is 0. The lowest BCUT2D eigenvalue weighted by molar-refractivity contribution is -0.141. The summed E-state index contributed by atoms with van der Waals surface area (Å²) in [6, 6.07) is 20.8. The van der Waals surface area contributed by atoms with Crippen LogP contribution in [0.5, 0.6) is 17.5 Å². The second-order valence-electron chi connectivity index (χ2n) is 22.0. The van der Waals surface area contributed by atoms with E-state index in [0.29, 0.717) is 47.4 Å². The van der Waals surface area contributed by atoms with E-state index >= 15 is 0 Å². The molecule has 18 nitrogen and oxygen atoms in total. The number of aromatic hydroxyl groups is 1. The van der Waals surface area contributed by atoms with Crippen molar-refractivity contribution in [1.29, 1.82) is 0 Å². The Balaban J connectivity index is 0.599. The molecular weight excluding hydrogens is 979 g/mol. The number of amides is 2. The highest BCUT2D eigenvalue weighted by atomic mass is 19.3. The first kappa shape index (κ1) is 51.5. The number of nitrogens with one attached hydrogen (secondary N) is 1. The Morgan fingerprint density at radius 2 is 1.63 bits per heavy atom. The van der Waals surface area contributed by atoms with Gasteiger partial charge in [0.1, 0.15) is 30.4 Å². The number of aliphatic hydroxyl groups excluding tert-OH is 1. The van der Waals surface area contributed by atoms with Gasteiger partial charge in [0.25, 0.3) is 11.8 Å². The van der Waals surface area contributed by atoms with Crippen molar-refractivity contribution >= 4 is 29.0 Å². The number of piperidine rings is 1. The van der Waals surface area contributed by atoms with Crippen LogP contribution in [0.1, 0.15) is 107 Å². The maximum absolute atomic E-state index is 14.2. The van der Waals surface area contributed by atoms with Crippen LogP contribution in [0.4, 0.5) is 26.0 Å². The van der Waals surface area contributed by atoms with Crippen molar-refractivity contribution in [2.75, 3.05) is 61.4 Å². The topological polar surface area (TPSA) is 218 Å². The van der Waals surface area contributed by atoms with Crippen LogP contribution in [0.3, 0.4) is 0 Å². The van der Waals surface area contributed by atoms with Gasteiger partial charge in [0.2, 0.25) is 17.7 Å². The number of alkyl halides is 2. The van der Waals surface area contributed by atoms with Crippen LogP contribution in [0.25, 0.3) is 11.3 Å². The zero-order chi connectivity index (χ0) is 52.8. The number of ether oxygens (including phenoxy) is 3. The monoisotopic (exact) mass is 1050 g/mol. The standard InChI is InChI=1S/C56H68F2N10O8/c1-32(2)52(55(72)67-31-39(69)23-47(67)54(71)61-33(3)34-8-10-35(11-9-34)44-28-56(44,57)58)49-27-51(64-76-49)73-21-20-65-18-15-40(16-19-65)74-41-24-42(25-41)75-50-22-36(14-17-60-50)68-37-12-13-38(68)30-66(29-37)46-26-45(62-63-53(46)59)43-6-4-5-7-48(43)70/h4-11,14,17,22,26-27,32-33,37-42,44,47,52,69-70H,12-13,15-16,18-21,23-25,28-31H2,1-3H3,(H2,59,63)(H,61,71)/t33-,37+,38?,39+,41?,42?,44?,47-,52+/m0/s1. The molecular formula is C56H68F2N10O8. The number of likely N-dealkylation sites (tertiary alicyclic amines) is 2. The minimum absolute atomic E-state index is 0.00133. The number of phenolic OH excluding ortho intramolecular Hbond substituents is 1. The number of phenols is 1. The lowest BCUT2D eigenvalue weighted by atomic mass is 9.91. The maximum atomic E-state index is 14.2. The normalized spacial score (nSPS) is 26.0. The molecule has 4 aliphatic heterocycles. The third-order valence-electron chi connectivity index (χ3n) is 16.4. The smallest absolute Gasteiger partial charge is 0.255 e. The number of halogens is 2. The molecule has 4 saturated heterocycles. The molecule has 11 rings (SSSR count). The number of fused-ring (bicyclic) bond motifs is 2. The van der Waals surface area contributed by atoms with E-state index in [0.717, 1.165) is 81.6 Å². The molecule has 7 atom stereocenters. The highest BCUT2D eigenvalue weighted by molar-refractivity contribution is 5.91. The van der Waals surface area contributed by atoms with Crippen molar-refractivity contribution in [2.45, 2.75) is 138 Å². The van der Waals surface area contributed by atoms with Crippen molar-refractivity contribution in [2.24, 2.45) is 5.92 Å².